The smallest absolute Gasteiger partial charge is 0.341 e. The quantitative estimate of drug-likeness (QED) is 0.278. The van der Waals surface area contributed by atoms with Gasteiger partial charge in [-0.25, -0.2) is 28.1 Å². The van der Waals surface area contributed by atoms with Gasteiger partial charge in [0.2, 0.25) is 0 Å². The van der Waals surface area contributed by atoms with Gasteiger partial charge >= 0.3 is 23.0 Å². The molecule has 12 nitrogen and oxygen atoms in total. The SMILES string of the molecule is COC(=O)Cn1c(=O)n(C)c(=O)n(-c2cc(Oc3ccc(Cl)c(C)c3Cl)ccc2[N+](=O)[O-])c1=O. The predicted octanol–water partition coefficient (Wildman–Crippen LogP) is 2.19. The summed E-state index contributed by atoms with van der Waals surface area (Å²) in [4.78, 5) is 60.7. The summed E-state index contributed by atoms with van der Waals surface area (Å²) < 4.78 is 11.5. The van der Waals surface area contributed by atoms with Crippen LogP contribution in [0.25, 0.3) is 5.69 Å². The summed E-state index contributed by atoms with van der Waals surface area (Å²) in [6, 6.07) is 6.33. The van der Waals surface area contributed by atoms with E-state index in [0.717, 1.165) is 26.3 Å². The number of halogens is 2. The molecule has 0 N–H and O–H groups in total. The number of aromatic nitrogens is 3. The molecule has 14 heteroatoms. The molecule has 3 rings (SSSR count). The largest absolute Gasteiger partial charge is 0.468 e. The second-order valence-corrected chi connectivity index (χ2v) is 7.68. The van der Waals surface area contributed by atoms with E-state index >= 15 is 0 Å². The molecule has 34 heavy (non-hydrogen) atoms. The molecular formula is C20H16Cl2N4O8. The molecule has 0 amide bonds. The van der Waals surface area contributed by atoms with Crippen molar-refractivity contribution in [2.24, 2.45) is 7.05 Å². The van der Waals surface area contributed by atoms with E-state index in [9.17, 15) is 29.3 Å². The Labute approximate surface area is 200 Å². The van der Waals surface area contributed by atoms with E-state index in [1.54, 1.807) is 6.92 Å². The lowest BCUT2D eigenvalue weighted by Gasteiger charge is -2.14. The molecule has 0 aliphatic heterocycles. The van der Waals surface area contributed by atoms with E-state index in [1.807, 2.05) is 0 Å². The molecule has 0 fully saturated rings. The van der Waals surface area contributed by atoms with Crippen molar-refractivity contribution in [2.75, 3.05) is 7.11 Å². The van der Waals surface area contributed by atoms with E-state index in [1.165, 1.54) is 18.2 Å². The van der Waals surface area contributed by atoms with Crippen molar-refractivity contribution in [1.29, 1.82) is 0 Å². The van der Waals surface area contributed by atoms with Gasteiger partial charge in [-0.1, -0.05) is 23.2 Å². The van der Waals surface area contributed by atoms with Crippen molar-refractivity contribution in [3.8, 4) is 17.2 Å². The Morgan fingerprint density at radius 3 is 2.38 bits per heavy atom. The number of methoxy groups -OCH3 is 1. The van der Waals surface area contributed by atoms with Crippen LogP contribution in [0.2, 0.25) is 10.0 Å². The van der Waals surface area contributed by atoms with Crippen molar-refractivity contribution in [3.63, 3.8) is 0 Å². The highest BCUT2D eigenvalue weighted by atomic mass is 35.5. The molecule has 3 aromatic rings. The van der Waals surface area contributed by atoms with Crippen LogP contribution in [0.15, 0.2) is 44.7 Å². The zero-order valence-corrected chi connectivity index (χ0v) is 19.4. The van der Waals surface area contributed by atoms with Crippen molar-refractivity contribution >= 4 is 34.9 Å². The fourth-order valence-electron chi connectivity index (χ4n) is 2.97. The number of hydrogen-bond acceptors (Lipinski definition) is 8. The number of nitrogens with zero attached hydrogens (tertiary/aromatic N) is 4. The van der Waals surface area contributed by atoms with Crippen LogP contribution in [0.4, 0.5) is 5.69 Å². The summed E-state index contributed by atoms with van der Waals surface area (Å²) in [6.45, 7) is 0.846. The minimum Gasteiger partial charge on any atom is -0.468 e. The normalized spacial score (nSPS) is 10.7. The summed E-state index contributed by atoms with van der Waals surface area (Å²) >= 11 is 12.3. The number of esters is 1. The third kappa shape index (κ3) is 4.45. The van der Waals surface area contributed by atoms with Crippen molar-refractivity contribution in [1.82, 2.24) is 13.7 Å². The maximum Gasteiger partial charge on any atom is 0.341 e. The number of hydrogen-bond donors (Lipinski definition) is 0. The third-order valence-corrected chi connectivity index (χ3v) is 5.71. The van der Waals surface area contributed by atoms with Crippen molar-refractivity contribution < 1.29 is 19.2 Å². The molecule has 1 aromatic heterocycles. The lowest BCUT2D eigenvalue weighted by molar-refractivity contribution is -0.384. The number of nitro groups is 1. The Hall–Kier alpha value is -3.90. The minimum absolute atomic E-state index is 0.0103. The van der Waals surface area contributed by atoms with Crippen LogP contribution in [-0.2, 0) is 23.1 Å². The summed E-state index contributed by atoms with van der Waals surface area (Å²) in [5.41, 5.74) is -4.14. The maximum absolute atomic E-state index is 13.0. The third-order valence-electron chi connectivity index (χ3n) is 4.83. The van der Waals surface area contributed by atoms with Gasteiger partial charge in [-0.3, -0.25) is 14.9 Å². The topological polar surface area (TPSA) is 145 Å². The zero-order chi connectivity index (χ0) is 25.3. The molecule has 0 radical (unpaired) electrons. The lowest BCUT2D eigenvalue weighted by Crippen LogP contribution is -2.53. The van der Waals surface area contributed by atoms with E-state index in [-0.39, 0.29) is 16.5 Å². The molecule has 0 spiro atoms. The second-order valence-electron chi connectivity index (χ2n) is 6.90. The van der Waals surface area contributed by atoms with Crippen LogP contribution in [0.5, 0.6) is 11.5 Å². The average Bonchev–Trinajstić information content (AvgIpc) is 2.80. The van der Waals surface area contributed by atoms with E-state index in [4.69, 9.17) is 27.9 Å². The molecule has 2 aromatic carbocycles. The highest BCUT2D eigenvalue weighted by Gasteiger charge is 2.24. The summed E-state index contributed by atoms with van der Waals surface area (Å²) in [6.07, 6.45) is 0. The van der Waals surface area contributed by atoms with Gasteiger partial charge in [0, 0.05) is 24.2 Å². The first-order valence-corrected chi connectivity index (χ1v) is 10.1. The van der Waals surface area contributed by atoms with Gasteiger partial charge in [0.05, 0.1) is 17.1 Å². The van der Waals surface area contributed by atoms with Gasteiger partial charge in [0.15, 0.2) is 0 Å². The molecule has 0 atom stereocenters. The Kier molecular flexibility index (Phi) is 6.93. The lowest BCUT2D eigenvalue weighted by atomic mass is 10.2. The summed E-state index contributed by atoms with van der Waals surface area (Å²) in [5.74, 6) is -0.785. The molecule has 0 bridgehead atoms. The zero-order valence-electron chi connectivity index (χ0n) is 17.9. The highest BCUT2D eigenvalue weighted by Crippen LogP contribution is 2.36. The van der Waals surface area contributed by atoms with Gasteiger partial charge in [-0.15, -0.1) is 0 Å². The number of nitro benzene ring substituents is 1. The number of carbonyl (C=O) groups is 1. The van der Waals surface area contributed by atoms with Gasteiger partial charge in [0.25, 0.3) is 5.69 Å². The van der Waals surface area contributed by atoms with Gasteiger partial charge < -0.3 is 9.47 Å². The molecule has 0 aliphatic carbocycles. The van der Waals surface area contributed by atoms with Crippen LogP contribution >= 0.6 is 23.2 Å². The predicted molar refractivity (Wildman–Crippen MR) is 121 cm³/mol. The van der Waals surface area contributed by atoms with Crippen LogP contribution in [0.3, 0.4) is 0 Å². The maximum atomic E-state index is 13.0. The number of benzene rings is 2. The standard InChI is InChI=1S/C20H16Cl2N4O8/c1-10-12(21)5-7-15(17(10)22)34-11-4-6-13(26(31)32)14(8-11)25-19(29)23(2)18(28)24(20(25)30)9-16(27)33-3/h4-8H,9H2,1-3H3. The second kappa shape index (κ2) is 9.53. The molecule has 1 heterocycles. The first kappa shape index (κ1) is 24.7. The van der Waals surface area contributed by atoms with Crippen molar-refractivity contribution in [3.05, 3.63) is 87.5 Å². The number of ether oxygens (including phenoxy) is 2. The van der Waals surface area contributed by atoms with Gasteiger partial charge in [0.1, 0.15) is 23.7 Å². The molecule has 0 unspecified atom stereocenters. The monoisotopic (exact) mass is 510 g/mol. The Morgan fingerprint density at radius 1 is 1.09 bits per heavy atom. The minimum atomic E-state index is -1.28. The van der Waals surface area contributed by atoms with E-state index in [2.05, 4.69) is 4.74 Å². The number of carbonyl (C=O) groups excluding carboxylic acids is 1. The van der Waals surface area contributed by atoms with E-state index < -0.39 is 45.9 Å². The molecule has 0 saturated carbocycles. The van der Waals surface area contributed by atoms with Crippen LogP contribution < -0.4 is 21.8 Å². The Balaban J connectivity index is 2.27. The fraction of sp³-hybridized carbons (Fsp3) is 0.200. The van der Waals surface area contributed by atoms with Crippen LogP contribution in [0.1, 0.15) is 5.56 Å². The fourth-order valence-corrected chi connectivity index (χ4v) is 3.38. The van der Waals surface area contributed by atoms with Crippen molar-refractivity contribution in [2.45, 2.75) is 13.5 Å². The van der Waals surface area contributed by atoms with E-state index in [0.29, 0.717) is 24.3 Å². The molecule has 0 saturated heterocycles. The summed E-state index contributed by atoms with van der Waals surface area (Å²) in [5, 5.41) is 12.2. The molecule has 178 valence electrons. The number of rotatable bonds is 6. The molecular weight excluding hydrogens is 495 g/mol. The van der Waals surface area contributed by atoms with Crippen LogP contribution in [-0.4, -0.2) is 31.7 Å². The average molecular weight is 511 g/mol. The van der Waals surface area contributed by atoms with Gasteiger partial charge in [-0.05, 0) is 30.7 Å². The Morgan fingerprint density at radius 2 is 1.76 bits per heavy atom. The van der Waals surface area contributed by atoms with Crippen LogP contribution in [0, 0.1) is 17.0 Å². The molecule has 0 aliphatic rings. The Bertz CT molecular complexity index is 1510. The first-order valence-electron chi connectivity index (χ1n) is 9.38. The highest BCUT2D eigenvalue weighted by molar-refractivity contribution is 6.36. The van der Waals surface area contributed by atoms with Gasteiger partial charge in [-0.2, -0.15) is 0 Å². The summed E-state index contributed by atoms with van der Waals surface area (Å²) in [7, 11) is 2.10. The first-order chi connectivity index (χ1) is 16.0.